The van der Waals surface area contributed by atoms with Crippen LogP contribution >= 0.6 is 0 Å². The van der Waals surface area contributed by atoms with E-state index < -0.39 is 0 Å². The Labute approximate surface area is 155 Å². The van der Waals surface area contributed by atoms with Crippen LogP contribution in [0.25, 0.3) is 22.3 Å². The van der Waals surface area contributed by atoms with E-state index >= 15 is 0 Å². The van der Waals surface area contributed by atoms with Crippen molar-refractivity contribution in [2.24, 2.45) is 0 Å². The zero-order valence-corrected chi connectivity index (χ0v) is 14.6. The van der Waals surface area contributed by atoms with E-state index in [1.807, 2.05) is 55.5 Å². The first-order valence-electron chi connectivity index (χ1n) is 8.46. The van der Waals surface area contributed by atoms with Gasteiger partial charge in [0.1, 0.15) is 23.8 Å². The molecule has 0 radical (unpaired) electrons. The van der Waals surface area contributed by atoms with E-state index in [0.29, 0.717) is 16.9 Å². The number of hydrogen-bond donors (Lipinski definition) is 3. The first-order chi connectivity index (χ1) is 13.2. The van der Waals surface area contributed by atoms with Crippen molar-refractivity contribution in [1.29, 1.82) is 0 Å². The van der Waals surface area contributed by atoms with Gasteiger partial charge in [-0.2, -0.15) is 4.98 Å². The van der Waals surface area contributed by atoms with Gasteiger partial charge in [-0.05, 0) is 54.0 Å². The van der Waals surface area contributed by atoms with Crippen LogP contribution in [-0.2, 0) is 4.84 Å². The highest BCUT2D eigenvalue weighted by atomic mass is 16.9. The maximum absolute atomic E-state index is 9.44. The number of aromatic hydroxyl groups is 1. The summed E-state index contributed by atoms with van der Waals surface area (Å²) in [6.45, 7) is 1.92. The first-order valence-corrected chi connectivity index (χ1v) is 8.46. The molecule has 1 atom stereocenters. The number of phenolic OH excluding ortho intramolecular Hbond substituents is 1. The SMILES string of the molecule is CC(ONOc1ncnc2[nH]c(-c3ccc(O)cc3)cc12)c1ccccc1. The summed E-state index contributed by atoms with van der Waals surface area (Å²) in [5.74, 6) is 0.564. The third kappa shape index (κ3) is 3.74. The minimum atomic E-state index is -0.192. The fraction of sp³-hybridized carbons (Fsp3) is 0.100. The van der Waals surface area contributed by atoms with E-state index in [1.165, 1.54) is 6.33 Å². The number of benzene rings is 2. The van der Waals surface area contributed by atoms with Gasteiger partial charge in [0.05, 0.1) is 5.39 Å². The lowest BCUT2D eigenvalue weighted by atomic mass is 10.1. The van der Waals surface area contributed by atoms with Gasteiger partial charge in [-0.3, -0.25) is 4.84 Å². The molecule has 0 aliphatic rings. The van der Waals surface area contributed by atoms with Gasteiger partial charge in [0.25, 0.3) is 5.88 Å². The second kappa shape index (κ2) is 7.45. The summed E-state index contributed by atoms with van der Waals surface area (Å²) in [5.41, 5.74) is 5.93. The first kappa shape index (κ1) is 17.0. The molecule has 7 nitrogen and oxygen atoms in total. The Bertz CT molecular complexity index is 1030. The van der Waals surface area contributed by atoms with E-state index in [1.54, 1.807) is 12.1 Å². The van der Waals surface area contributed by atoms with Crippen LogP contribution < -0.4 is 10.5 Å². The molecule has 2 heterocycles. The van der Waals surface area contributed by atoms with Gasteiger partial charge >= 0.3 is 0 Å². The van der Waals surface area contributed by atoms with Crippen LogP contribution in [0.15, 0.2) is 67.0 Å². The molecule has 0 amide bonds. The molecule has 0 aliphatic carbocycles. The highest BCUT2D eigenvalue weighted by molar-refractivity contribution is 5.86. The van der Waals surface area contributed by atoms with Crippen molar-refractivity contribution in [1.82, 2.24) is 20.6 Å². The molecule has 2 aromatic carbocycles. The molecule has 0 saturated carbocycles. The quantitative estimate of drug-likeness (QED) is 0.451. The molecular weight excluding hydrogens is 344 g/mol. The zero-order valence-electron chi connectivity index (χ0n) is 14.6. The molecule has 0 aliphatic heterocycles. The molecule has 0 fully saturated rings. The van der Waals surface area contributed by atoms with Crippen LogP contribution in [0.2, 0.25) is 0 Å². The largest absolute Gasteiger partial charge is 0.508 e. The van der Waals surface area contributed by atoms with E-state index in [9.17, 15) is 5.11 Å². The van der Waals surface area contributed by atoms with Crippen molar-refractivity contribution in [3.8, 4) is 22.9 Å². The Hall–Kier alpha value is -3.42. The van der Waals surface area contributed by atoms with Crippen LogP contribution in [0, 0.1) is 0 Å². The van der Waals surface area contributed by atoms with Crippen LogP contribution in [0.4, 0.5) is 0 Å². The summed E-state index contributed by atoms with van der Waals surface area (Å²) in [6, 6.07) is 18.6. The monoisotopic (exact) mass is 362 g/mol. The maximum Gasteiger partial charge on any atom is 0.253 e. The Morgan fingerprint density at radius 3 is 2.59 bits per heavy atom. The minimum absolute atomic E-state index is 0.192. The van der Waals surface area contributed by atoms with Crippen molar-refractivity contribution >= 4 is 11.0 Å². The molecule has 27 heavy (non-hydrogen) atoms. The van der Waals surface area contributed by atoms with E-state index in [2.05, 4.69) is 20.6 Å². The maximum atomic E-state index is 9.44. The third-order valence-corrected chi connectivity index (χ3v) is 4.20. The molecule has 1 unspecified atom stereocenters. The summed E-state index contributed by atoms with van der Waals surface area (Å²) in [4.78, 5) is 22.6. The molecule has 0 bridgehead atoms. The van der Waals surface area contributed by atoms with Crippen molar-refractivity contribution in [3.63, 3.8) is 0 Å². The summed E-state index contributed by atoms with van der Waals surface area (Å²) < 4.78 is 0. The number of aromatic amines is 1. The predicted octanol–water partition coefficient (Wildman–Crippen LogP) is 3.91. The Morgan fingerprint density at radius 2 is 1.81 bits per heavy atom. The summed E-state index contributed by atoms with van der Waals surface area (Å²) in [7, 11) is 0. The van der Waals surface area contributed by atoms with E-state index in [-0.39, 0.29) is 11.9 Å². The van der Waals surface area contributed by atoms with Crippen LogP contribution in [0.5, 0.6) is 11.6 Å². The summed E-state index contributed by atoms with van der Waals surface area (Å²) in [6.07, 6.45) is 1.22. The van der Waals surface area contributed by atoms with Crippen LogP contribution in [0.3, 0.4) is 0 Å². The molecule has 4 aromatic rings. The van der Waals surface area contributed by atoms with Gasteiger partial charge < -0.3 is 14.9 Å². The topological polar surface area (TPSA) is 92.3 Å². The Balaban J connectivity index is 1.49. The molecule has 0 saturated heterocycles. The number of aromatic nitrogens is 3. The number of fused-ring (bicyclic) bond motifs is 1. The van der Waals surface area contributed by atoms with Crippen molar-refractivity contribution < 1.29 is 14.8 Å². The average molecular weight is 362 g/mol. The number of phenols is 1. The normalized spacial score (nSPS) is 12.2. The Kier molecular flexibility index (Phi) is 4.69. The lowest BCUT2D eigenvalue weighted by Crippen LogP contribution is -2.21. The number of rotatable bonds is 6. The predicted molar refractivity (Wildman–Crippen MR) is 101 cm³/mol. The molecule has 3 N–H and O–H groups in total. The number of H-pyrrole nitrogens is 1. The van der Waals surface area contributed by atoms with E-state index in [4.69, 9.17) is 9.68 Å². The third-order valence-electron chi connectivity index (χ3n) is 4.20. The Morgan fingerprint density at radius 1 is 1.04 bits per heavy atom. The molecule has 0 spiro atoms. The lowest BCUT2D eigenvalue weighted by molar-refractivity contribution is -0.142. The minimum Gasteiger partial charge on any atom is -0.508 e. The summed E-state index contributed by atoms with van der Waals surface area (Å²) >= 11 is 0. The molecule has 7 heteroatoms. The number of nitrogens with one attached hydrogen (secondary N) is 2. The van der Waals surface area contributed by atoms with Gasteiger partial charge in [0.2, 0.25) is 0 Å². The molecule has 4 rings (SSSR count). The standard InChI is InChI=1S/C20H18N4O3/c1-13(14-5-3-2-4-6-14)26-24-27-20-17-11-18(23-19(17)21-12-22-20)15-7-9-16(25)10-8-15/h2-13,24-25H,1H3,(H,21,22,23). The van der Waals surface area contributed by atoms with Crippen molar-refractivity contribution in [2.45, 2.75) is 13.0 Å². The highest BCUT2D eigenvalue weighted by Gasteiger charge is 2.12. The molecule has 136 valence electrons. The smallest absolute Gasteiger partial charge is 0.253 e. The molecule has 2 aromatic heterocycles. The number of nitrogens with zero attached hydrogens (tertiary/aromatic N) is 2. The van der Waals surface area contributed by atoms with Gasteiger partial charge in [-0.25, -0.2) is 4.98 Å². The van der Waals surface area contributed by atoms with Crippen molar-refractivity contribution in [3.05, 3.63) is 72.6 Å². The zero-order chi connectivity index (χ0) is 18.6. The second-order valence-electron chi connectivity index (χ2n) is 6.03. The van der Waals surface area contributed by atoms with Gasteiger partial charge in [-0.1, -0.05) is 30.3 Å². The fourth-order valence-corrected chi connectivity index (χ4v) is 2.72. The van der Waals surface area contributed by atoms with Gasteiger partial charge in [-0.15, -0.1) is 0 Å². The van der Waals surface area contributed by atoms with Gasteiger partial charge in [0, 0.05) is 5.69 Å². The number of hydrogen-bond acceptors (Lipinski definition) is 6. The second-order valence-corrected chi connectivity index (χ2v) is 6.03. The summed E-state index contributed by atoms with van der Waals surface area (Å²) in [5, 5.41) is 10.1. The van der Waals surface area contributed by atoms with Crippen molar-refractivity contribution in [2.75, 3.05) is 0 Å². The van der Waals surface area contributed by atoms with Crippen LogP contribution in [-0.4, -0.2) is 20.1 Å². The van der Waals surface area contributed by atoms with Gasteiger partial charge in [0.15, 0.2) is 0 Å². The average Bonchev–Trinajstić information content (AvgIpc) is 3.14. The van der Waals surface area contributed by atoms with Crippen LogP contribution in [0.1, 0.15) is 18.6 Å². The highest BCUT2D eigenvalue weighted by Crippen LogP contribution is 2.28. The lowest BCUT2D eigenvalue weighted by Gasteiger charge is -2.13. The fourth-order valence-electron chi connectivity index (χ4n) is 2.72. The van der Waals surface area contributed by atoms with E-state index in [0.717, 1.165) is 16.8 Å². The molecular formula is C20H18N4O3.